The molecule has 3 aromatic carbocycles. The molecule has 8 rings (SSSR count). The Balaban J connectivity index is 1.41. The highest BCUT2D eigenvalue weighted by Crippen LogP contribution is 2.64. The lowest BCUT2D eigenvalue weighted by molar-refractivity contribution is -0.128. The van der Waals surface area contributed by atoms with Gasteiger partial charge in [-0.15, -0.1) is 0 Å². The van der Waals surface area contributed by atoms with Crippen molar-refractivity contribution in [1.82, 2.24) is 14.5 Å². The molecule has 1 N–H and O–H groups in total. The molecule has 1 amide bonds. The SMILES string of the molecule is COC(=O)c1ccc2c(c1)nc1n2CC[C@H]2[C@@H]1[C@H](c1cccc(Cl)c1F)[C@]1(C(=O)Nc3cc(Cl)ccc31)N2CC1CCCC1. The summed E-state index contributed by atoms with van der Waals surface area (Å²) >= 11 is 12.9. The average molecular weight is 634 g/mol. The van der Waals surface area contributed by atoms with Gasteiger partial charge in [-0.2, -0.15) is 0 Å². The number of fused-ring (bicyclic) bond motifs is 7. The number of ether oxygens (including phenoxy) is 1. The van der Waals surface area contributed by atoms with Crippen LogP contribution in [0.25, 0.3) is 11.0 Å². The van der Waals surface area contributed by atoms with Crippen molar-refractivity contribution in [3.63, 3.8) is 0 Å². The number of carbonyl (C=O) groups is 2. The van der Waals surface area contributed by atoms with Crippen molar-refractivity contribution in [2.24, 2.45) is 5.92 Å². The smallest absolute Gasteiger partial charge is 0.337 e. The monoisotopic (exact) mass is 632 g/mol. The van der Waals surface area contributed by atoms with Crippen LogP contribution in [0.15, 0.2) is 54.6 Å². The maximum Gasteiger partial charge on any atom is 0.337 e. The van der Waals surface area contributed by atoms with Crippen molar-refractivity contribution in [3.05, 3.63) is 93.0 Å². The molecule has 3 aliphatic heterocycles. The second kappa shape index (κ2) is 10.3. The fraction of sp³-hybridized carbons (Fsp3) is 0.382. The number of amides is 1. The van der Waals surface area contributed by atoms with Crippen molar-refractivity contribution >= 4 is 51.8 Å². The Hall–Kier alpha value is -3.46. The van der Waals surface area contributed by atoms with E-state index in [-0.39, 0.29) is 22.9 Å². The Morgan fingerprint density at radius 1 is 1.11 bits per heavy atom. The molecule has 1 saturated heterocycles. The van der Waals surface area contributed by atoms with Crippen molar-refractivity contribution < 1.29 is 18.7 Å². The molecular weight excluding hydrogens is 602 g/mol. The highest BCUT2D eigenvalue weighted by atomic mass is 35.5. The predicted octanol–water partition coefficient (Wildman–Crippen LogP) is 7.26. The molecule has 0 bridgehead atoms. The van der Waals surface area contributed by atoms with Gasteiger partial charge in [-0.05, 0) is 67.1 Å². The molecule has 4 heterocycles. The number of aryl methyl sites for hydroxylation is 1. The van der Waals surface area contributed by atoms with Crippen molar-refractivity contribution in [2.45, 2.75) is 62.1 Å². The van der Waals surface area contributed by atoms with E-state index in [9.17, 15) is 9.59 Å². The van der Waals surface area contributed by atoms with Crippen LogP contribution < -0.4 is 5.32 Å². The molecule has 4 atom stereocenters. The van der Waals surface area contributed by atoms with E-state index in [1.165, 1.54) is 20.0 Å². The number of rotatable bonds is 4. The molecule has 44 heavy (non-hydrogen) atoms. The normalized spacial score (nSPS) is 26.2. The lowest BCUT2D eigenvalue weighted by atomic mass is 9.70. The topological polar surface area (TPSA) is 76.5 Å². The molecule has 4 aliphatic rings. The zero-order valence-corrected chi connectivity index (χ0v) is 25.7. The fourth-order valence-corrected chi connectivity index (χ4v) is 9.09. The van der Waals surface area contributed by atoms with Crippen LogP contribution in [0, 0.1) is 11.7 Å². The molecule has 1 aliphatic carbocycles. The summed E-state index contributed by atoms with van der Waals surface area (Å²) in [5.74, 6) is -0.881. The second-order valence-corrected chi connectivity index (χ2v) is 13.4. The van der Waals surface area contributed by atoms with Crippen LogP contribution in [0.2, 0.25) is 10.0 Å². The molecule has 0 radical (unpaired) electrons. The third-order valence-corrected chi connectivity index (χ3v) is 11.0. The summed E-state index contributed by atoms with van der Waals surface area (Å²) in [6.45, 7) is 1.41. The first-order valence-electron chi connectivity index (χ1n) is 15.2. The third-order valence-electron chi connectivity index (χ3n) is 10.5. The van der Waals surface area contributed by atoms with Crippen LogP contribution in [0.1, 0.15) is 71.2 Å². The molecule has 7 nitrogen and oxygen atoms in total. The van der Waals surface area contributed by atoms with Gasteiger partial charge in [0.05, 0.1) is 28.7 Å². The number of carbonyl (C=O) groups excluding carboxylic acids is 2. The largest absolute Gasteiger partial charge is 0.465 e. The second-order valence-electron chi connectivity index (χ2n) is 12.5. The highest BCUT2D eigenvalue weighted by Gasteiger charge is 2.68. The lowest BCUT2D eigenvalue weighted by Crippen LogP contribution is -2.53. The molecule has 0 unspecified atom stereocenters. The highest BCUT2D eigenvalue weighted by molar-refractivity contribution is 6.31. The number of nitrogens with one attached hydrogen (secondary N) is 1. The summed E-state index contributed by atoms with van der Waals surface area (Å²) < 4.78 is 23.5. The standard InChI is InChI=1S/C34H31Cl2FN4O3/c1-44-32(42)19-9-12-26-25(15-19)38-31-28-27(13-14-40(26)31)41(17-18-5-2-3-6-18)34(29(28)21-7-4-8-23(36)30(21)37)22-11-10-20(35)16-24(22)39-33(34)43/h4,7-12,15-16,18,27-29H,2-3,5-6,13-14,17H2,1H3,(H,39,43)/t27-,28+,29-,34+/m0/s1. The fourth-order valence-electron chi connectivity index (χ4n) is 8.73. The number of hydrogen-bond donors (Lipinski definition) is 1. The van der Waals surface area contributed by atoms with Gasteiger partial charge in [0.1, 0.15) is 17.2 Å². The Morgan fingerprint density at radius 3 is 2.73 bits per heavy atom. The van der Waals surface area contributed by atoms with Crippen LogP contribution in [0.3, 0.4) is 0 Å². The third kappa shape index (κ3) is 3.87. The first-order valence-corrected chi connectivity index (χ1v) is 16.0. The number of imidazole rings is 1. The summed E-state index contributed by atoms with van der Waals surface area (Å²) in [5.41, 5.74) is 2.63. The van der Waals surface area contributed by atoms with E-state index < -0.39 is 23.2 Å². The van der Waals surface area contributed by atoms with Crippen LogP contribution >= 0.6 is 23.2 Å². The van der Waals surface area contributed by atoms with E-state index in [0.717, 1.165) is 42.7 Å². The predicted molar refractivity (Wildman–Crippen MR) is 167 cm³/mol. The maximum atomic E-state index is 16.3. The first kappa shape index (κ1) is 28.0. The number of halogens is 3. The van der Waals surface area contributed by atoms with Gasteiger partial charge in [0, 0.05) is 47.2 Å². The minimum absolute atomic E-state index is 0.0187. The van der Waals surface area contributed by atoms with Gasteiger partial charge in [0.15, 0.2) is 0 Å². The summed E-state index contributed by atoms with van der Waals surface area (Å²) in [7, 11) is 1.36. The van der Waals surface area contributed by atoms with E-state index in [1.807, 2.05) is 18.2 Å². The quantitative estimate of drug-likeness (QED) is 0.240. The van der Waals surface area contributed by atoms with Crippen LogP contribution in [-0.2, 0) is 21.6 Å². The van der Waals surface area contributed by atoms with Crippen molar-refractivity contribution in [2.75, 3.05) is 19.0 Å². The van der Waals surface area contributed by atoms with Crippen LogP contribution in [0.5, 0.6) is 0 Å². The van der Waals surface area contributed by atoms with E-state index in [1.54, 1.807) is 36.4 Å². The van der Waals surface area contributed by atoms with Gasteiger partial charge >= 0.3 is 5.97 Å². The first-order chi connectivity index (χ1) is 21.3. The zero-order chi connectivity index (χ0) is 30.3. The summed E-state index contributed by atoms with van der Waals surface area (Å²) in [6, 6.07) is 15.9. The van der Waals surface area contributed by atoms with Crippen LogP contribution in [0.4, 0.5) is 10.1 Å². The Morgan fingerprint density at radius 2 is 1.93 bits per heavy atom. The van der Waals surface area contributed by atoms with E-state index >= 15 is 4.39 Å². The molecule has 226 valence electrons. The molecule has 1 spiro atoms. The number of esters is 1. The summed E-state index contributed by atoms with van der Waals surface area (Å²) in [5, 5.41) is 3.69. The van der Waals surface area contributed by atoms with Gasteiger partial charge in [0.25, 0.3) is 0 Å². The number of likely N-dealkylation sites (tertiary alicyclic amines) is 1. The molecule has 2 fully saturated rings. The number of methoxy groups -OCH3 is 1. The van der Waals surface area contributed by atoms with Gasteiger partial charge in [-0.1, -0.05) is 54.2 Å². The maximum absolute atomic E-state index is 16.3. The summed E-state index contributed by atoms with van der Waals surface area (Å²) in [6.07, 6.45) is 5.30. The molecular formula is C34H31Cl2FN4O3. The van der Waals surface area contributed by atoms with E-state index in [0.29, 0.717) is 39.8 Å². The lowest BCUT2D eigenvalue weighted by Gasteiger charge is -2.41. The van der Waals surface area contributed by atoms with Crippen LogP contribution in [-0.4, -0.2) is 46.0 Å². The van der Waals surface area contributed by atoms with Crippen molar-refractivity contribution in [1.29, 1.82) is 0 Å². The average Bonchev–Trinajstić information content (AvgIpc) is 3.78. The van der Waals surface area contributed by atoms with Gasteiger partial charge in [-0.3, -0.25) is 9.69 Å². The zero-order valence-electron chi connectivity index (χ0n) is 24.2. The van der Waals surface area contributed by atoms with E-state index in [4.69, 9.17) is 32.9 Å². The molecule has 1 saturated carbocycles. The van der Waals surface area contributed by atoms with E-state index in [2.05, 4.69) is 14.8 Å². The molecule has 10 heteroatoms. The van der Waals surface area contributed by atoms with Gasteiger partial charge < -0.3 is 14.6 Å². The minimum atomic E-state index is -1.20. The number of benzene rings is 3. The van der Waals surface area contributed by atoms with Crippen molar-refractivity contribution in [3.8, 4) is 0 Å². The van der Waals surface area contributed by atoms with Gasteiger partial charge in [0.2, 0.25) is 5.91 Å². The number of anilines is 1. The number of nitrogens with zero attached hydrogens (tertiary/aromatic N) is 3. The number of hydrogen-bond acceptors (Lipinski definition) is 5. The Kier molecular flexibility index (Phi) is 6.56. The minimum Gasteiger partial charge on any atom is -0.465 e. The number of aromatic nitrogens is 2. The Labute approximate surface area is 264 Å². The Bertz CT molecular complexity index is 1850. The summed E-state index contributed by atoms with van der Waals surface area (Å²) in [4.78, 5) is 34.6. The molecule has 1 aromatic heterocycles. The van der Waals surface area contributed by atoms with Gasteiger partial charge in [-0.25, -0.2) is 14.2 Å². The molecule has 4 aromatic rings.